The molecule has 1 N–H and O–H groups in total. The van der Waals surface area contributed by atoms with Gasteiger partial charge in [-0.05, 0) is 31.7 Å². The van der Waals surface area contributed by atoms with E-state index in [0.717, 1.165) is 69.5 Å². The Kier molecular flexibility index (Phi) is 4.41. The number of urea groups is 1. The summed E-state index contributed by atoms with van der Waals surface area (Å²) < 4.78 is 26.8. The molecule has 9 nitrogen and oxygen atoms in total. The largest absolute Gasteiger partial charge is 0.323 e. The number of H-pyrrole nitrogens is 1. The van der Waals surface area contributed by atoms with Crippen molar-refractivity contribution in [1.29, 1.82) is 0 Å². The van der Waals surface area contributed by atoms with Gasteiger partial charge in [-0.1, -0.05) is 0 Å². The van der Waals surface area contributed by atoms with Crippen LogP contribution in [0.1, 0.15) is 54.9 Å². The first kappa shape index (κ1) is 20.8. The third-order valence-electron chi connectivity index (χ3n) is 8.47. The summed E-state index contributed by atoms with van der Waals surface area (Å²) in [7, 11) is 0. The number of likely N-dealkylation sites (tertiary alicyclic amines) is 3. The lowest BCUT2D eigenvalue weighted by molar-refractivity contribution is -0.117. The number of aromatic amines is 1. The molecule has 0 aromatic carbocycles. The van der Waals surface area contributed by atoms with Crippen LogP contribution in [0.3, 0.4) is 0 Å². The molecule has 182 valence electrons. The molecule has 0 unspecified atom stereocenters. The van der Waals surface area contributed by atoms with Crippen molar-refractivity contribution in [2.45, 2.75) is 57.0 Å². The van der Waals surface area contributed by atoms with Gasteiger partial charge in [-0.3, -0.25) is 14.7 Å². The van der Waals surface area contributed by atoms with Crippen LogP contribution in [0.2, 0.25) is 0 Å². The van der Waals surface area contributed by atoms with Crippen molar-refractivity contribution >= 4 is 6.03 Å². The highest BCUT2D eigenvalue weighted by Crippen LogP contribution is 2.56. The van der Waals surface area contributed by atoms with Crippen LogP contribution in [0.5, 0.6) is 0 Å². The number of carbonyl (C=O) groups excluding carboxylic acids is 1. The summed E-state index contributed by atoms with van der Waals surface area (Å²) in [6, 6.07) is 1.98. The van der Waals surface area contributed by atoms with Crippen molar-refractivity contribution in [2.24, 2.45) is 10.8 Å². The number of hydrogen-bond donors (Lipinski definition) is 1. The molecule has 0 atom stereocenters. The molecule has 0 radical (unpaired) electrons. The smallest absolute Gasteiger partial charge is 0.320 e. The van der Waals surface area contributed by atoms with Gasteiger partial charge in [0.25, 0.3) is 6.43 Å². The van der Waals surface area contributed by atoms with Gasteiger partial charge in [0.15, 0.2) is 5.82 Å². The van der Waals surface area contributed by atoms with Gasteiger partial charge < -0.3 is 9.80 Å². The molecule has 34 heavy (non-hydrogen) atoms. The Hall–Kier alpha value is -2.56. The number of amides is 2. The lowest BCUT2D eigenvalue weighted by Crippen LogP contribution is -2.75. The van der Waals surface area contributed by atoms with Gasteiger partial charge in [-0.25, -0.2) is 18.6 Å². The van der Waals surface area contributed by atoms with Crippen LogP contribution >= 0.6 is 0 Å². The normalized spacial score (nSPS) is 25.4. The molecule has 5 aliphatic rings. The first-order valence-electron chi connectivity index (χ1n) is 12.4. The van der Waals surface area contributed by atoms with Crippen molar-refractivity contribution in [1.82, 2.24) is 39.7 Å². The molecule has 5 fully saturated rings. The second kappa shape index (κ2) is 7.22. The molecular weight excluding hydrogens is 442 g/mol. The van der Waals surface area contributed by atoms with E-state index in [-0.39, 0.29) is 23.4 Å². The van der Waals surface area contributed by atoms with Crippen LogP contribution in [0.15, 0.2) is 12.3 Å². The van der Waals surface area contributed by atoms with Gasteiger partial charge >= 0.3 is 6.03 Å². The topological polar surface area (TPSA) is 86.2 Å². The first-order chi connectivity index (χ1) is 16.4. The fourth-order valence-electron chi connectivity index (χ4n) is 6.67. The maximum absolute atomic E-state index is 12.9. The van der Waals surface area contributed by atoms with Gasteiger partial charge in [-0.15, -0.1) is 0 Å². The van der Waals surface area contributed by atoms with E-state index < -0.39 is 6.43 Å². The predicted octanol–water partition coefficient (Wildman–Crippen LogP) is 2.26. The molecule has 3 aliphatic heterocycles. The van der Waals surface area contributed by atoms with E-state index in [1.165, 1.54) is 17.5 Å². The molecule has 5 heterocycles. The van der Waals surface area contributed by atoms with Crippen LogP contribution in [-0.4, -0.2) is 91.4 Å². The van der Waals surface area contributed by atoms with Crippen molar-refractivity contribution in [3.63, 3.8) is 0 Å². The molecule has 2 aliphatic carbocycles. The molecule has 2 saturated carbocycles. The van der Waals surface area contributed by atoms with Gasteiger partial charge in [0.2, 0.25) is 0 Å². The molecule has 2 aromatic heterocycles. The minimum Gasteiger partial charge on any atom is -0.323 e. The molecule has 2 aromatic rings. The highest BCUT2D eigenvalue weighted by molar-refractivity contribution is 5.77. The summed E-state index contributed by atoms with van der Waals surface area (Å²) >= 11 is 0. The number of nitrogens with one attached hydrogen (secondary N) is 1. The number of alkyl halides is 2. The highest BCUT2D eigenvalue weighted by Gasteiger charge is 2.58. The van der Waals surface area contributed by atoms with E-state index in [1.807, 2.05) is 15.9 Å². The summed E-state index contributed by atoms with van der Waals surface area (Å²) in [5.41, 5.74) is 1.27. The number of rotatable bonds is 6. The number of hydrogen-bond acceptors (Lipinski definition) is 5. The van der Waals surface area contributed by atoms with E-state index >= 15 is 0 Å². The molecular formula is C23H30F2N8O. The third-order valence-corrected chi connectivity index (χ3v) is 8.47. The Balaban J connectivity index is 0.846. The van der Waals surface area contributed by atoms with Crippen molar-refractivity contribution in [2.75, 3.05) is 39.3 Å². The zero-order chi connectivity index (χ0) is 23.1. The molecule has 3 saturated heterocycles. The standard InChI is InChI=1S/C23H30F2N8O/c24-18(25)8-33-17(3-4-26-33)7-30-9-23(10-30)13-32(14-23)21(34)31-11-22(12-31)5-16(6-22)20-27-19(28-29-20)15-1-2-15/h3-4,15-16,18H,1-2,5-14H2,(H,27,28,29). The van der Waals surface area contributed by atoms with Crippen LogP contribution in [0, 0.1) is 10.8 Å². The quantitative estimate of drug-likeness (QED) is 0.697. The predicted molar refractivity (Wildman–Crippen MR) is 117 cm³/mol. The van der Waals surface area contributed by atoms with Gasteiger partial charge in [-0.2, -0.15) is 10.2 Å². The van der Waals surface area contributed by atoms with Crippen molar-refractivity contribution < 1.29 is 13.6 Å². The Labute approximate surface area is 196 Å². The minimum atomic E-state index is -2.40. The van der Waals surface area contributed by atoms with Crippen LogP contribution in [0.4, 0.5) is 13.6 Å². The average Bonchev–Trinajstić information content (AvgIpc) is 3.26. The summed E-state index contributed by atoms with van der Waals surface area (Å²) in [5.74, 6) is 3.06. The van der Waals surface area contributed by atoms with Crippen LogP contribution < -0.4 is 0 Å². The van der Waals surface area contributed by atoms with Crippen molar-refractivity contribution in [3.8, 4) is 0 Å². The maximum atomic E-state index is 12.9. The third kappa shape index (κ3) is 3.42. The van der Waals surface area contributed by atoms with Crippen molar-refractivity contribution in [3.05, 3.63) is 29.6 Å². The zero-order valence-electron chi connectivity index (χ0n) is 19.2. The second-order valence-electron chi connectivity index (χ2n) is 11.5. The number of carbonyl (C=O) groups is 1. The zero-order valence-corrected chi connectivity index (χ0v) is 19.2. The molecule has 2 amide bonds. The van der Waals surface area contributed by atoms with Gasteiger partial charge in [0.05, 0.1) is 5.69 Å². The fourth-order valence-corrected chi connectivity index (χ4v) is 6.67. The highest BCUT2D eigenvalue weighted by atomic mass is 19.3. The van der Waals surface area contributed by atoms with Gasteiger partial charge in [0, 0.05) is 74.7 Å². The monoisotopic (exact) mass is 472 g/mol. The summed E-state index contributed by atoms with van der Waals surface area (Å²) in [6.07, 6.45) is 3.80. The maximum Gasteiger partial charge on any atom is 0.320 e. The Morgan fingerprint density at radius 2 is 1.76 bits per heavy atom. The molecule has 11 heteroatoms. The average molecular weight is 473 g/mol. The Morgan fingerprint density at radius 1 is 1.06 bits per heavy atom. The SMILES string of the molecule is O=C(N1CC2(CC(c3n[nH]c(C4CC4)n3)C2)C1)N1CC2(CN(Cc3ccnn3CC(F)F)C2)C1. The summed E-state index contributed by atoms with van der Waals surface area (Å²) in [4.78, 5) is 23.8. The van der Waals surface area contributed by atoms with E-state index in [2.05, 4.69) is 20.2 Å². The minimum absolute atomic E-state index is 0.169. The molecule has 2 spiro atoms. The van der Waals surface area contributed by atoms with E-state index in [4.69, 9.17) is 4.98 Å². The number of nitrogens with zero attached hydrogens (tertiary/aromatic N) is 7. The Bertz CT molecular complexity index is 1080. The summed E-state index contributed by atoms with van der Waals surface area (Å²) in [5, 5.41) is 11.6. The number of aromatic nitrogens is 5. The van der Waals surface area contributed by atoms with E-state index in [1.54, 1.807) is 6.20 Å². The molecule has 7 rings (SSSR count). The Morgan fingerprint density at radius 3 is 2.44 bits per heavy atom. The second-order valence-corrected chi connectivity index (χ2v) is 11.5. The lowest BCUT2D eigenvalue weighted by Gasteiger charge is -2.63. The first-order valence-corrected chi connectivity index (χ1v) is 12.4. The van der Waals surface area contributed by atoms with Gasteiger partial charge in [0.1, 0.15) is 12.4 Å². The van der Waals surface area contributed by atoms with E-state index in [0.29, 0.717) is 18.4 Å². The van der Waals surface area contributed by atoms with Crippen LogP contribution in [-0.2, 0) is 13.1 Å². The molecule has 0 bridgehead atoms. The van der Waals surface area contributed by atoms with E-state index in [9.17, 15) is 13.6 Å². The van der Waals surface area contributed by atoms with Crippen LogP contribution in [0.25, 0.3) is 0 Å². The lowest BCUT2D eigenvalue weighted by atomic mass is 9.57. The number of halogens is 2. The summed E-state index contributed by atoms with van der Waals surface area (Å²) in [6.45, 7) is 5.38. The fraction of sp³-hybridized carbons (Fsp3) is 0.739.